The molecule has 3 aromatic carbocycles. The van der Waals surface area contributed by atoms with Crippen LogP contribution in [0, 0.1) is 6.92 Å². The molecule has 160 valence electrons. The van der Waals surface area contributed by atoms with Crippen molar-refractivity contribution in [1.82, 2.24) is 20.2 Å². The number of benzene rings is 3. The Labute approximate surface area is 198 Å². The fourth-order valence-electron chi connectivity index (χ4n) is 3.03. The maximum absolute atomic E-state index is 12.3. The minimum absolute atomic E-state index is 0.163. The van der Waals surface area contributed by atoms with E-state index in [-0.39, 0.29) is 11.7 Å². The van der Waals surface area contributed by atoms with Crippen molar-refractivity contribution in [3.63, 3.8) is 0 Å². The van der Waals surface area contributed by atoms with Crippen LogP contribution in [0.4, 0.5) is 0 Å². The van der Waals surface area contributed by atoms with E-state index in [1.54, 1.807) is 6.21 Å². The van der Waals surface area contributed by atoms with E-state index in [9.17, 15) is 4.79 Å². The van der Waals surface area contributed by atoms with Gasteiger partial charge in [0.05, 0.1) is 12.0 Å². The minimum Gasteiger partial charge on any atom is -0.272 e. The van der Waals surface area contributed by atoms with Crippen molar-refractivity contribution < 1.29 is 4.79 Å². The van der Waals surface area contributed by atoms with E-state index in [4.69, 9.17) is 0 Å². The number of aryl methyl sites for hydroxylation is 1. The Kier molecular flexibility index (Phi) is 7.14. The number of hydrogen-bond donors (Lipinski definition) is 1. The molecule has 0 bridgehead atoms. The van der Waals surface area contributed by atoms with Gasteiger partial charge in [0.25, 0.3) is 5.91 Å². The van der Waals surface area contributed by atoms with Crippen LogP contribution in [0.15, 0.2) is 93.6 Å². The lowest BCUT2D eigenvalue weighted by molar-refractivity contribution is -0.118. The molecule has 1 aromatic heterocycles. The highest BCUT2D eigenvalue weighted by Gasteiger charge is 2.17. The van der Waals surface area contributed by atoms with Crippen LogP contribution in [0.1, 0.15) is 11.1 Å². The van der Waals surface area contributed by atoms with Crippen molar-refractivity contribution in [2.75, 3.05) is 5.75 Å². The smallest absolute Gasteiger partial charge is 0.250 e. The zero-order chi connectivity index (χ0) is 22.3. The van der Waals surface area contributed by atoms with Gasteiger partial charge in [0.2, 0.25) is 0 Å². The van der Waals surface area contributed by atoms with Gasteiger partial charge < -0.3 is 0 Å². The Morgan fingerprint density at radius 3 is 2.50 bits per heavy atom. The highest BCUT2D eigenvalue weighted by Crippen LogP contribution is 2.28. The lowest BCUT2D eigenvalue weighted by Crippen LogP contribution is -2.20. The number of rotatable bonds is 7. The summed E-state index contributed by atoms with van der Waals surface area (Å²) in [5, 5.41) is 13.4. The molecule has 1 heterocycles. The summed E-state index contributed by atoms with van der Waals surface area (Å²) in [6, 6.07) is 25.6. The molecule has 4 rings (SSSR count). The van der Waals surface area contributed by atoms with E-state index < -0.39 is 0 Å². The first kappa shape index (κ1) is 22.0. The Hall–Kier alpha value is -3.23. The molecule has 0 radical (unpaired) electrons. The second-order valence-corrected chi connectivity index (χ2v) is 8.78. The number of aromatic nitrogens is 3. The topological polar surface area (TPSA) is 72.2 Å². The molecule has 1 amide bonds. The minimum atomic E-state index is -0.215. The molecule has 0 aliphatic carbocycles. The van der Waals surface area contributed by atoms with Crippen molar-refractivity contribution >= 4 is 39.8 Å². The Balaban J connectivity index is 1.50. The molecule has 6 nitrogen and oxygen atoms in total. The van der Waals surface area contributed by atoms with Gasteiger partial charge in [-0.2, -0.15) is 5.10 Å². The average molecular weight is 506 g/mol. The van der Waals surface area contributed by atoms with E-state index in [0.29, 0.717) is 11.0 Å². The number of carbonyl (C=O) groups is 1. The summed E-state index contributed by atoms with van der Waals surface area (Å²) >= 11 is 4.78. The van der Waals surface area contributed by atoms with Gasteiger partial charge in [-0.25, -0.2) is 5.43 Å². The first-order chi connectivity index (χ1) is 15.6. The van der Waals surface area contributed by atoms with Crippen molar-refractivity contribution in [3.8, 4) is 17.1 Å². The third-order valence-corrected chi connectivity index (χ3v) is 6.12. The van der Waals surface area contributed by atoms with Gasteiger partial charge in [-0.1, -0.05) is 82.3 Å². The highest BCUT2D eigenvalue weighted by atomic mass is 79.9. The summed E-state index contributed by atoms with van der Waals surface area (Å²) in [6.45, 7) is 2.00. The summed E-state index contributed by atoms with van der Waals surface area (Å²) in [4.78, 5) is 12.3. The van der Waals surface area contributed by atoms with Crippen molar-refractivity contribution in [2.24, 2.45) is 5.10 Å². The summed E-state index contributed by atoms with van der Waals surface area (Å²) in [5.41, 5.74) is 6.50. The number of amides is 1. The van der Waals surface area contributed by atoms with Gasteiger partial charge in [-0.3, -0.25) is 9.36 Å². The molecule has 0 spiro atoms. The molecule has 0 aliphatic rings. The van der Waals surface area contributed by atoms with Gasteiger partial charge in [-0.15, -0.1) is 10.2 Å². The standard InChI is InChI=1S/C24H20BrN5OS/c1-17-7-5-6-8-19(17)15-26-27-22(31)16-32-24-29-28-23(18-11-13-20(25)14-12-18)30(24)21-9-3-2-4-10-21/h2-15H,16H2,1H3,(H,27,31)/b26-15+. The number of hydrogen-bond acceptors (Lipinski definition) is 5. The van der Waals surface area contributed by atoms with Crippen LogP contribution in [0.3, 0.4) is 0 Å². The molecule has 0 unspecified atom stereocenters. The zero-order valence-corrected chi connectivity index (χ0v) is 19.7. The quantitative estimate of drug-likeness (QED) is 0.211. The van der Waals surface area contributed by atoms with Crippen LogP contribution >= 0.6 is 27.7 Å². The second-order valence-electron chi connectivity index (χ2n) is 6.92. The Morgan fingerprint density at radius 2 is 1.75 bits per heavy atom. The molecular weight excluding hydrogens is 486 g/mol. The van der Waals surface area contributed by atoms with Crippen LogP contribution in [0.5, 0.6) is 0 Å². The summed E-state index contributed by atoms with van der Waals surface area (Å²) in [6.07, 6.45) is 1.65. The molecule has 32 heavy (non-hydrogen) atoms. The fraction of sp³-hybridized carbons (Fsp3) is 0.0833. The van der Waals surface area contributed by atoms with Crippen LogP contribution in [0.25, 0.3) is 17.1 Å². The van der Waals surface area contributed by atoms with Crippen molar-refractivity contribution in [2.45, 2.75) is 12.1 Å². The van der Waals surface area contributed by atoms with Crippen LogP contribution in [-0.4, -0.2) is 32.6 Å². The average Bonchev–Trinajstić information content (AvgIpc) is 3.24. The molecule has 0 aliphatic heterocycles. The molecule has 8 heteroatoms. The number of thioether (sulfide) groups is 1. The number of halogens is 1. The lowest BCUT2D eigenvalue weighted by Gasteiger charge is -2.10. The van der Waals surface area contributed by atoms with Gasteiger partial charge in [0.1, 0.15) is 0 Å². The lowest BCUT2D eigenvalue weighted by atomic mass is 10.1. The van der Waals surface area contributed by atoms with Crippen LogP contribution in [0.2, 0.25) is 0 Å². The SMILES string of the molecule is Cc1ccccc1/C=N/NC(=O)CSc1nnc(-c2ccc(Br)cc2)n1-c1ccccc1. The van der Waals surface area contributed by atoms with Gasteiger partial charge in [0, 0.05) is 15.7 Å². The molecule has 1 N–H and O–H groups in total. The van der Waals surface area contributed by atoms with E-state index >= 15 is 0 Å². The number of nitrogens with one attached hydrogen (secondary N) is 1. The molecule has 0 atom stereocenters. The Bertz CT molecular complexity index is 1240. The molecule has 0 fully saturated rings. The predicted molar refractivity (Wildman–Crippen MR) is 132 cm³/mol. The van der Waals surface area contributed by atoms with Gasteiger partial charge >= 0.3 is 0 Å². The third-order valence-electron chi connectivity index (χ3n) is 4.66. The number of para-hydroxylation sites is 1. The maximum Gasteiger partial charge on any atom is 0.250 e. The molecule has 0 saturated heterocycles. The predicted octanol–water partition coefficient (Wildman–Crippen LogP) is 5.25. The van der Waals surface area contributed by atoms with Crippen molar-refractivity contribution in [3.05, 3.63) is 94.5 Å². The first-order valence-corrected chi connectivity index (χ1v) is 11.7. The first-order valence-electron chi connectivity index (χ1n) is 9.89. The monoisotopic (exact) mass is 505 g/mol. The van der Waals surface area contributed by atoms with Crippen LogP contribution < -0.4 is 5.43 Å². The van der Waals surface area contributed by atoms with E-state index in [2.05, 4.69) is 36.7 Å². The van der Waals surface area contributed by atoms with Crippen LogP contribution in [-0.2, 0) is 4.79 Å². The number of hydrazone groups is 1. The largest absolute Gasteiger partial charge is 0.272 e. The summed E-state index contributed by atoms with van der Waals surface area (Å²) in [5.74, 6) is 0.660. The molecule has 4 aromatic rings. The zero-order valence-electron chi connectivity index (χ0n) is 17.3. The van der Waals surface area contributed by atoms with E-state index in [1.165, 1.54) is 11.8 Å². The number of nitrogens with zero attached hydrogens (tertiary/aromatic N) is 4. The van der Waals surface area contributed by atoms with Crippen molar-refractivity contribution in [1.29, 1.82) is 0 Å². The highest BCUT2D eigenvalue weighted by molar-refractivity contribution is 9.10. The Morgan fingerprint density at radius 1 is 1.03 bits per heavy atom. The third kappa shape index (κ3) is 5.33. The fourth-order valence-corrected chi connectivity index (χ4v) is 4.04. The second kappa shape index (κ2) is 10.4. The maximum atomic E-state index is 12.3. The molecular formula is C24H20BrN5OS. The normalized spacial score (nSPS) is 11.1. The van der Waals surface area contributed by atoms with Gasteiger partial charge in [0.15, 0.2) is 11.0 Å². The summed E-state index contributed by atoms with van der Waals surface area (Å²) < 4.78 is 2.95. The molecule has 0 saturated carbocycles. The number of carbonyl (C=O) groups excluding carboxylic acids is 1. The van der Waals surface area contributed by atoms with E-state index in [0.717, 1.165) is 26.9 Å². The van der Waals surface area contributed by atoms with Gasteiger partial charge in [-0.05, 0) is 42.3 Å². The summed E-state index contributed by atoms with van der Waals surface area (Å²) in [7, 11) is 0. The van der Waals surface area contributed by atoms with E-state index in [1.807, 2.05) is 90.4 Å².